The van der Waals surface area contributed by atoms with Gasteiger partial charge in [0.05, 0.1) is 0 Å². The first-order valence-electron chi connectivity index (χ1n) is 8.10. The van der Waals surface area contributed by atoms with Crippen molar-refractivity contribution in [1.29, 1.82) is 0 Å². The average molecular weight is 314 g/mol. The maximum atomic E-state index is 4.16. The third kappa shape index (κ3) is 4.05. The van der Waals surface area contributed by atoms with Gasteiger partial charge in [-0.3, -0.25) is 0 Å². The van der Waals surface area contributed by atoms with Crippen LogP contribution in [-0.4, -0.2) is 0 Å². The van der Waals surface area contributed by atoms with Crippen molar-refractivity contribution in [2.75, 3.05) is 10.6 Å². The molecule has 0 bridgehead atoms. The SMILES string of the molecule is C=c1cc(NCc2ccccc2)c(=C)cc1NCc1ccccc1. The third-order valence-electron chi connectivity index (χ3n) is 3.98. The van der Waals surface area contributed by atoms with Crippen molar-refractivity contribution in [1.82, 2.24) is 0 Å². The van der Waals surface area contributed by atoms with Crippen molar-refractivity contribution in [3.05, 3.63) is 94.4 Å². The van der Waals surface area contributed by atoms with E-state index < -0.39 is 0 Å². The Hall–Kier alpha value is -3.00. The van der Waals surface area contributed by atoms with Crippen molar-refractivity contribution in [3.8, 4) is 0 Å². The smallest absolute Gasteiger partial charge is 0.0417 e. The van der Waals surface area contributed by atoms with E-state index in [0.29, 0.717) is 0 Å². The lowest BCUT2D eigenvalue weighted by atomic mass is 10.1. The van der Waals surface area contributed by atoms with Crippen LogP contribution in [0.15, 0.2) is 72.8 Å². The number of hydrogen-bond donors (Lipinski definition) is 2. The van der Waals surface area contributed by atoms with Gasteiger partial charge in [0, 0.05) is 24.5 Å². The van der Waals surface area contributed by atoms with Gasteiger partial charge in [-0.05, 0) is 33.7 Å². The molecule has 3 rings (SSSR count). The highest BCUT2D eigenvalue weighted by atomic mass is 14.9. The zero-order chi connectivity index (χ0) is 16.8. The molecule has 0 aliphatic rings. The number of hydrogen-bond acceptors (Lipinski definition) is 2. The summed E-state index contributed by atoms with van der Waals surface area (Å²) >= 11 is 0. The van der Waals surface area contributed by atoms with Gasteiger partial charge < -0.3 is 10.6 Å². The molecule has 2 N–H and O–H groups in total. The van der Waals surface area contributed by atoms with Crippen LogP contribution in [0.2, 0.25) is 0 Å². The molecule has 2 nitrogen and oxygen atoms in total. The predicted molar refractivity (Wildman–Crippen MR) is 104 cm³/mol. The Labute approximate surface area is 143 Å². The molecule has 0 aliphatic carbocycles. The van der Waals surface area contributed by atoms with Crippen molar-refractivity contribution in [2.45, 2.75) is 13.1 Å². The minimum absolute atomic E-state index is 0.777. The molecule has 0 aromatic heterocycles. The fourth-order valence-electron chi connectivity index (χ4n) is 2.60. The summed E-state index contributed by atoms with van der Waals surface area (Å²) < 4.78 is 0. The van der Waals surface area contributed by atoms with Crippen LogP contribution in [0.4, 0.5) is 11.4 Å². The van der Waals surface area contributed by atoms with Crippen LogP contribution in [-0.2, 0) is 13.1 Å². The second-order valence-electron chi connectivity index (χ2n) is 5.84. The van der Waals surface area contributed by atoms with Crippen molar-refractivity contribution in [2.24, 2.45) is 0 Å². The summed E-state index contributed by atoms with van der Waals surface area (Å²) in [5, 5.41) is 8.81. The first-order valence-corrected chi connectivity index (χ1v) is 8.10. The van der Waals surface area contributed by atoms with Gasteiger partial charge in [-0.15, -0.1) is 0 Å². The van der Waals surface area contributed by atoms with Crippen LogP contribution in [0, 0.1) is 0 Å². The van der Waals surface area contributed by atoms with Gasteiger partial charge >= 0.3 is 0 Å². The van der Waals surface area contributed by atoms with Gasteiger partial charge in [0.25, 0.3) is 0 Å². The molecule has 3 aromatic rings. The molecular formula is C22H22N2. The topological polar surface area (TPSA) is 24.1 Å². The van der Waals surface area contributed by atoms with Crippen LogP contribution in [0.3, 0.4) is 0 Å². The van der Waals surface area contributed by atoms with Gasteiger partial charge in [0.1, 0.15) is 0 Å². The maximum Gasteiger partial charge on any atom is 0.0417 e. The molecule has 24 heavy (non-hydrogen) atoms. The molecule has 0 radical (unpaired) electrons. The van der Waals surface area contributed by atoms with Crippen molar-refractivity contribution >= 4 is 24.5 Å². The zero-order valence-electron chi connectivity index (χ0n) is 13.8. The van der Waals surface area contributed by atoms with E-state index in [1.165, 1.54) is 11.1 Å². The molecule has 120 valence electrons. The largest absolute Gasteiger partial charge is 0.380 e. The summed E-state index contributed by atoms with van der Waals surface area (Å²) in [6.45, 7) is 9.87. The quantitative estimate of drug-likeness (QED) is 0.724. The Kier molecular flexibility index (Phi) is 4.97. The minimum atomic E-state index is 0.777. The molecule has 0 amide bonds. The predicted octanol–water partition coefficient (Wildman–Crippen LogP) is 3.73. The summed E-state index contributed by atoms with van der Waals surface area (Å²) in [5.74, 6) is 0. The Morgan fingerprint density at radius 2 is 0.958 bits per heavy atom. The van der Waals surface area contributed by atoms with Crippen molar-refractivity contribution < 1.29 is 0 Å². The lowest BCUT2D eigenvalue weighted by Crippen LogP contribution is -2.19. The second kappa shape index (κ2) is 7.51. The van der Waals surface area contributed by atoms with Gasteiger partial charge in [-0.2, -0.15) is 0 Å². The normalized spacial score (nSPS) is 10.3. The van der Waals surface area contributed by atoms with Crippen LogP contribution in [0.25, 0.3) is 13.2 Å². The monoisotopic (exact) mass is 314 g/mol. The van der Waals surface area contributed by atoms with E-state index in [2.05, 4.69) is 60.2 Å². The molecule has 0 heterocycles. The summed E-state index contributed by atoms with van der Waals surface area (Å²) in [7, 11) is 0. The van der Waals surface area contributed by atoms with E-state index in [0.717, 1.165) is 34.9 Å². The van der Waals surface area contributed by atoms with Gasteiger partial charge in [-0.1, -0.05) is 73.8 Å². The second-order valence-corrected chi connectivity index (χ2v) is 5.84. The fourth-order valence-corrected chi connectivity index (χ4v) is 2.60. The van der Waals surface area contributed by atoms with E-state index in [9.17, 15) is 0 Å². The summed E-state index contributed by atoms with van der Waals surface area (Å²) in [6.07, 6.45) is 0. The average Bonchev–Trinajstić information content (AvgIpc) is 2.62. The Bertz CT molecular complexity index is 809. The van der Waals surface area contributed by atoms with Crippen LogP contribution < -0.4 is 21.1 Å². The highest BCUT2D eigenvalue weighted by Crippen LogP contribution is 2.07. The molecule has 3 aromatic carbocycles. The number of anilines is 2. The fraction of sp³-hybridized carbons (Fsp3) is 0.0909. The first-order chi connectivity index (χ1) is 11.7. The molecule has 0 saturated carbocycles. The highest BCUT2D eigenvalue weighted by Gasteiger charge is 2.00. The van der Waals surface area contributed by atoms with Crippen LogP contribution in [0.1, 0.15) is 11.1 Å². The van der Waals surface area contributed by atoms with Gasteiger partial charge in [0.15, 0.2) is 0 Å². The summed E-state index contributed by atoms with van der Waals surface area (Å²) in [4.78, 5) is 0. The summed E-state index contributed by atoms with van der Waals surface area (Å²) in [5.41, 5.74) is 4.53. The molecular weight excluding hydrogens is 292 g/mol. The minimum Gasteiger partial charge on any atom is -0.380 e. The van der Waals surface area contributed by atoms with E-state index in [1.54, 1.807) is 0 Å². The Morgan fingerprint density at radius 3 is 1.33 bits per heavy atom. The number of rotatable bonds is 6. The van der Waals surface area contributed by atoms with E-state index in [1.807, 2.05) is 36.4 Å². The molecule has 0 aliphatic heterocycles. The first kappa shape index (κ1) is 15.9. The van der Waals surface area contributed by atoms with Crippen LogP contribution in [0.5, 0.6) is 0 Å². The summed E-state index contributed by atoms with van der Waals surface area (Å²) in [6, 6.07) is 24.8. The number of nitrogens with one attached hydrogen (secondary N) is 2. The van der Waals surface area contributed by atoms with Gasteiger partial charge in [0.2, 0.25) is 0 Å². The highest BCUT2D eigenvalue weighted by molar-refractivity contribution is 5.57. The standard InChI is InChI=1S/C22H22N2/c1-17-13-22(24-16-20-11-7-4-8-12-20)18(2)14-21(17)23-15-19-9-5-3-6-10-19/h3-14,23-24H,1-2,15-16H2. The molecule has 0 saturated heterocycles. The molecule has 2 heteroatoms. The maximum absolute atomic E-state index is 4.16. The molecule has 0 unspecified atom stereocenters. The molecule has 0 fully saturated rings. The lowest BCUT2D eigenvalue weighted by molar-refractivity contribution is 1.13. The van der Waals surface area contributed by atoms with Gasteiger partial charge in [-0.25, -0.2) is 0 Å². The van der Waals surface area contributed by atoms with E-state index in [4.69, 9.17) is 0 Å². The molecule has 0 atom stereocenters. The Balaban J connectivity index is 1.69. The van der Waals surface area contributed by atoms with E-state index in [-0.39, 0.29) is 0 Å². The van der Waals surface area contributed by atoms with Crippen molar-refractivity contribution in [3.63, 3.8) is 0 Å². The lowest BCUT2D eigenvalue weighted by Gasteiger charge is -2.12. The van der Waals surface area contributed by atoms with E-state index >= 15 is 0 Å². The zero-order valence-corrected chi connectivity index (χ0v) is 13.8. The third-order valence-corrected chi connectivity index (χ3v) is 3.98. The van der Waals surface area contributed by atoms with Crippen LogP contribution >= 0.6 is 0 Å². The number of benzene rings is 3. The molecule has 0 spiro atoms. The Morgan fingerprint density at radius 1 is 0.583 bits per heavy atom.